The second kappa shape index (κ2) is 9.76. The lowest BCUT2D eigenvalue weighted by atomic mass is 10.0. The number of hydrogen-bond donors (Lipinski definition) is 1. The van der Waals surface area contributed by atoms with Crippen LogP contribution < -0.4 is 10.1 Å². The number of para-hydroxylation sites is 1. The Bertz CT molecular complexity index is 1230. The fourth-order valence-electron chi connectivity index (χ4n) is 4.11. The number of imidazole rings is 1. The molecule has 1 atom stereocenters. The van der Waals surface area contributed by atoms with Gasteiger partial charge >= 0.3 is 0 Å². The number of rotatable bonds is 7. The van der Waals surface area contributed by atoms with E-state index in [0.29, 0.717) is 24.7 Å². The van der Waals surface area contributed by atoms with Crippen molar-refractivity contribution in [3.8, 4) is 5.75 Å². The monoisotopic (exact) mass is 468 g/mol. The van der Waals surface area contributed by atoms with Crippen molar-refractivity contribution >= 4 is 15.9 Å². The van der Waals surface area contributed by atoms with E-state index >= 15 is 0 Å². The van der Waals surface area contributed by atoms with Gasteiger partial charge in [-0.05, 0) is 37.1 Å². The van der Waals surface area contributed by atoms with Crippen molar-refractivity contribution in [1.82, 2.24) is 19.2 Å². The largest absolute Gasteiger partial charge is 0.496 e. The van der Waals surface area contributed by atoms with Crippen LogP contribution in [0.15, 0.2) is 65.8 Å². The van der Waals surface area contributed by atoms with Gasteiger partial charge in [0.15, 0.2) is 0 Å². The van der Waals surface area contributed by atoms with E-state index in [4.69, 9.17) is 4.74 Å². The smallest absolute Gasteiger partial charge is 0.252 e. The molecule has 2 heterocycles. The molecule has 174 valence electrons. The molecule has 0 radical (unpaired) electrons. The maximum atomic E-state index is 13.3. The topological polar surface area (TPSA) is 93.5 Å². The number of hydrogen-bond acceptors (Lipinski definition) is 5. The summed E-state index contributed by atoms with van der Waals surface area (Å²) in [6.07, 6.45) is 6.20. The number of carbonyl (C=O) groups is 1. The number of piperidine rings is 1. The number of methoxy groups -OCH3 is 1. The van der Waals surface area contributed by atoms with Crippen molar-refractivity contribution in [2.45, 2.75) is 30.2 Å². The number of carbonyl (C=O) groups excluding carboxylic acids is 1. The number of ether oxygens (including phenoxy) is 1. The number of aromatic nitrogens is 2. The number of sulfonamides is 1. The molecule has 0 aliphatic carbocycles. The number of benzene rings is 2. The van der Waals surface area contributed by atoms with Crippen LogP contribution in [-0.4, -0.2) is 48.4 Å². The van der Waals surface area contributed by atoms with Crippen LogP contribution >= 0.6 is 0 Å². The average molecular weight is 469 g/mol. The van der Waals surface area contributed by atoms with Gasteiger partial charge in [-0.1, -0.05) is 30.7 Å². The van der Waals surface area contributed by atoms with Crippen LogP contribution in [0.5, 0.6) is 5.75 Å². The third kappa shape index (κ3) is 4.79. The van der Waals surface area contributed by atoms with Gasteiger partial charge in [0.05, 0.1) is 12.0 Å². The Morgan fingerprint density at radius 3 is 2.55 bits per heavy atom. The highest BCUT2D eigenvalue weighted by molar-refractivity contribution is 7.89. The first kappa shape index (κ1) is 23.0. The van der Waals surface area contributed by atoms with Gasteiger partial charge in [0, 0.05) is 43.7 Å². The Morgan fingerprint density at radius 2 is 1.85 bits per heavy atom. The normalized spacial score (nSPS) is 15.7. The van der Waals surface area contributed by atoms with Crippen LogP contribution in [0.3, 0.4) is 0 Å². The van der Waals surface area contributed by atoms with Crippen LogP contribution in [0.4, 0.5) is 0 Å². The fraction of sp³-hybridized carbons (Fsp3) is 0.333. The zero-order valence-corrected chi connectivity index (χ0v) is 19.6. The third-order valence-corrected chi connectivity index (χ3v) is 7.79. The summed E-state index contributed by atoms with van der Waals surface area (Å²) in [6.45, 7) is 1.02. The summed E-state index contributed by atoms with van der Waals surface area (Å²) in [5.41, 5.74) is 1.02. The summed E-state index contributed by atoms with van der Waals surface area (Å²) < 4.78 is 35.0. The van der Waals surface area contributed by atoms with Crippen molar-refractivity contribution in [3.63, 3.8) is 0 Å². The van der Waals surface area contributed by atoms with E-state index in [-0.39, 0.29) is 10.5 Å². The lowest BCUT2D eigenvalue weighted by molar-refractivity contribution is 0.0940. The summed E-state index contributed by atoms with van der Waals surface area (Å²) in [6, 6.07) is 13.0. The lowest BCUT2D eigenvalue weighted by Gasteiger charge is -2.26. The second-order valence-electron chi connectivity index (χ2n) is 8.04. The van der Waals surface area contributed by atoms with Crippen molar-refractivity contribution in [3.05, 3.63) is 77.9 Å². The molecule has 0 spiro atoms. The summed E-state index contributed by atoms with van der Waals surface area (Å²) in [5, 5.41) is 3.02. The molecule has 0 saturated carbocycles. The number of nitrogens with one attached hydrogen (secondary N) is 1. The Hall–Kier alpha value is -3.17. The Labute approximate surface area is 194 Å². The predicted octanol–water partition coefficient (Wildman–Crippen LogP) is 3.12. The van der Waals surface area contributed by atoms with Gasteiger partial charge in [-0.15, -0.1) is 0 Å². The van der Waals surface area contributed by atoms with E-state index < -0.39 is 22.0 Å². The number of aryl methyl sites for hydroxylation is 1. The Morgan fingerprint density at radius 1 is 1.09 bits per heavy atom. The van der Waals surface area contributed by atoms with E-state index in [0.717, 1.165) is 24.8 Å². The molecule has 9 heteroatoms. The van der Waals surface area contributed by atoms with Gasteiger partial charge in [-0.25, -0.2) is 13.4 Å². The zero-order valence-electron chi connectivity index (χ0n) is 18.8. The molecule has 1 amide bonds. The van der Waals surface area contributed by atoms with Crippen LogP contribution in [-0.2, 0) is 17.1 Å². The van der Waals surface area contributed by atoms with Crippen LogP contribution in [0.1, 0.15) is 47.1 Å². The van der Waals surface area contributed by atoms with E-state index in [1.54, 1.807) is 31.6 Å². The molecule has 1 aliphatic heterocycles. The molecule has 1 unspecified atom stereocenters. The molecule has 1 aliphatic rings. The standard InChI is InChI=1S/C24H28N4O4S/c1-27-16-13-25-23(27)22(20-11-4-5-12-21(20)32-2)26-24(29)18-9-8-10-19(17-18)33(30,31)28-14-6-3-7-15-28/h4-5,8-13,16-17,22H,3,6-7,14-15H2,1-2H3,(H,26,29). The molecule has 1 fully saturated rings. The van der Waals surface area contributed by atoms with E-state index in [2.05, 4.69) is 10.3 Å². The molecule has 2 aromatic carbocycles. The molecular formula is C24H28N4O4S. The molecule has 1 aromatic heterocycles. The number of nitrogens with zero attached hydrogens (tertiary/aromatic N) is 3. The van der Waals surface area contributed by atoms with Crippen LogP contribution in [0.2, 0.25) is 0 Å². The van der Waals surface area contributed by atoms with Crippen molar-refractivity contribution in [1.29, 1.82) is 0 Å². The minimum absolute atomic E-state index is 0.128. The first-order chi connectivity index (χ1) is 15.9. The third-order valence-electron chi connectivity index (χ3n) is 5.89. The second-order valence-corrected chi connectivity index (χ2v) is 9.98. The fourth-order valence-corrected chi connectivity index (χ4v) is 5.67. The molecule has 3 aromatic rings. The highest BCUT2D eigenvalue weighted by Crippen LogP contribution is 2.29. The van der Waals surface area contributed by atoms with Gasteiger partial charge < -0.3 is 14.6 Å². The predicted molar refractivity (Wildman–Crippen MR) is 125 cm³/mol. The van der Waals surface area contributed by atoms with Crippen molar-refractivity contribution in [2.24, 2.45) is 7.05 Å². The maximum Gasteiger partial charge on any atom is 0.252 e. The van der Waals surface area contributed by atoms with Gasteiger partial charge in [0.25, 0.3) is 5.91 Å². The van der Waals surface area contributed by atoms with Gasteiger partial charge in [0.1, 0.15) is 17.6 Å². The summed E-state index contributed by atoms with van der Waals surface area (Å²) in [5.74, 6) is 0.849. The number of amides is 1. The van der Waals surface area contributed by atoms with Crippen LogP contribution in [0.25, 0.3) is 0 Å². The zero-order chi connectivity index (χ0) is 23.4. The lowest BCUT2D eigenvalue weighted by Crippen LogP contribution is -2.36. The molecular weight excluding hydrogens is 440 g/mol. The van der Waals surface area contributed by atoms with E-state index in [9.17, 15) is 13.2 Å². The summed E-state index contributed by atoms with van der Waals surface area (Å²) in [4.78, 5) is 17.8. The molecule has 0 bridgehead atoms. The molecule has 1 saturated heterocycles. The van der Waals surface area contributed by atoms with Gasteiger partial charge in [-0.3, -0.25) is 4.79 Å². The Balaban J connectivity index is 1.65. The minimum atomic E-state index is -3.64. The first-order valence-corrected chi connectivity index (χ1v) is 12.4. The minimum Gasteiger partial charge on any atom is -0.496 e. The molecule has 33 heavy (non-hydrogen) atoms. The van der Waals surface area contributed by atoms with Crippen LogP contribution in [0, 0.1) is 0 Å². The molecule has 8 nitrogen and oxygen atoms in total. The van der Waals surface area contributed by atoms with E-state index in [1.807, 2.05) is 35.9 Å². The van der Waals surface area contributed by atoms with Gasteiger partial charge in [0.2, 0.25) is 10.0 Å². The van der Waals surface area contributed by atoms with E-state index in [1.165, 1.54) is 16.4 Å². The summed E-state index contributed by atoms with van der Waals surface area (Å²) >= 11 is 0. The highest BCUT2D eigenvalue weighted by Gasteiger charge is 2.28. The Kier molecular flexibility index (Phi) is 6.80. The SMILES string of the molecule is COc1ccccc1C(NC(=O)c1cccc(S(=O)(=O)N2CCCCC2)c1)c1nccn1C. The first-order valence-electron chi connectivity index (χ1n) is 10.9. The average Bonchev–Trinajstić information content (AvgIpc) is 3.28. The molecule has 4 rings (SSSR count). The van der Waals surface area contributed by atoms with Gasteiger partial charge in [-0.2, -0.15) is 4.31 Å². The van der Waals surface area contributed by atoms with Crippen molar-refractivity contribution < 1.29 is 17.9 Å². The maximum absolute atomic E-state index is 13.3. The quantitative estimate of drug-likeness (QED) is 0.575. The highest BCUT2D eigenvalue weighted by atomic mass is 32.2. The molecule has 1 N–H and O–H groups in total. The van der Waals surface area contributed by atoms with Crippen molar-refractivity contribution in [2.75, 3.05) is 20.2 Å². The summed E-state index contributed by atoms with van der Waals surface area (Å²) in [7, 11) is -0.218.